The topological polar surface area (TPSA) is 55.4 Å². The Kier molecular flexibility index (Phi) is 3.21. The van der Waals surface area contributed by atoms with E-state index >= 15 is 0 Å². The van der Waals surface area contributed by atoms with Crippen molar-refractivity contribution in [2.24, 2.45) is 11.8 Å². The summed E-state index contributed by atoms with van der Waals surface area (Å²) in [7, 11) is 1.03. The Morgan fingerprint density at radius 3 is 2.60 bits per heavy atom. The minimum Gasteiger partial charge on any atom is -0.468 e. The first kappa shape index (κ1) is 11.8. The maximum Gasteiger partial charge on any atom is 0.393 e. The smallest absolute Gasteiger partial charge is 0.393 e. The van der Waals surface area contributed by atoms with E-state index in [1.54, 1.807) is 0 Å². The van der Waals surface area contributed by atoms with Gasteiger partial charge < -0.3 is 10.1 Å². The number of nitrogens with one attached hydrogen (secondary N) is 1. The third-order valence-corrected chi connectivity index (χ3v) is 2.31. The van der Waals surface area contributed by atoms with Crippen LogP contribution < -0.4 is 5.32 Å². The van der Waals surface area contributed by atoms with Crippen LogP contribution in [0.1, 0.15) is 6.42 Å². The molecular formula is C8H10F3NO3. The summed E-state index contributed by atoms with van der Waals surface area (Å²) in [5.74, 6) is -4.67. The zero-order valence-corrected chi connectivity index (χ0v) is 7.93. The number of alkyl halides is 3. The monoisotopic (exact) mass is 225 g/mol. The minimum atomic E-state index is -4.40. The predicted molar refractivity (Wildman–Crippen MR) is 42.7 cm³/mol. The summed E-state index contributed by atoms with van der Waals surface area (Å²) in [5.41, 5.74) is 0. The van der Waals surface area contributed by atoms with Crippen molar-refractivity contribution < 1.29 is 27.5 Å². The number of rotatable bonds is 1. The number of piperidine rings is 1. The molecule has 1 unspecified atom stereocenters. The van der Waals surface area contributed by atoms with Crippen LogP contribution in [0.15, 0.2) is 0 Å². The van der Waals surface area contributed by atoms with Crippen LogP contribution >= 0.6 is 0 Å². The van der Waals surface area contributed by atoms with Crippen LogP contribution in [-0.4, -0.2) is 31.7 Å². The number of carbonyl (C=O) groups is 2. The lowest BCUT2D eigenvalue weighted by atomic mass is 9.89. The zero-order valence-electron chi connectivity index (χ0n) is 7.93. The third-order valence-electron chi connectivity index (χ3n) is 2.31. The van der Waals surface area contributed by atoms with E-state index in [9.17, 15) is 22.8 Å². The van der Waals surface area contributed by atoms with Gasteiger partial charge in [-0.05, 0) is 6.42 Å². The molecule has 0 saturated carbocycles. The Morgan fingerprint density at radius 1 is 1.53 bits per heavy atom. The van der Waals surface area contributed by atoms with Crippen molar-refractivity contribution in [3.63, 3.8) is 0 Å². The van der Waals surface area contributed by atoms with E-state index in [0.717, 1.165) is 7.11 Å². The fourth-order valence-electron chi connectivity index (χ4n) is 1.42. The van der Waals surface area contributed by atoms with Gasteiger partial charge in [0.15, 0.2) is 0 Å². The van der Waals surface area contributed by atoms with Crippen LogP contribution in [0.2, 0.25) is 0 Å². The Morgan fingerprint density at radius 2 is 2.13 bits per heavy atom. The molecule has 0 aliphatic carbocycles. The van der Waals surface area contributed by atoms with E-state index in [-0.39, 0.29) is 0 Å². The van der Waals surface area contributed by atoms with Gasteiger partial charge in [-0.15, -0.1) is 0 Å². The highest BCUT2D eigenvalue weighted by Gasteiger charge is 2.46. The standard InChI is InChI=1S/C8H10F3NO3/c1-15-7(14)5-2-4(8(9,10)11)3-12-6(5)13/h4-5H,2-3H2,1H3,(H,12,13)/t4-,5?/m1/s1. The number of halogens is 3. The number of carbonyl (C=O) groups excluding carboxylic acids is 2. The summed E-state index contributed by atoms with van der Waals surface area (Å²) in [4.78, 5) is 22.1. The highest BCUT2D eigenvalue weighted by atomic mass is 19.4. The van der Waals surface area contributed by atoms with Crippen molar-refractivity contribution >= 4 is 11.9 Å². The first-order chi connectivity index (χ1) is 6.86. The number of hydrogen-bond acceptors (Lipinski definition) is 3. The SMILES string of the molecule is COC(=O)C1C[C@@H](C(F)(F)F)CNC1=O. The molecule has 0 radical (unpaired) electrons. The van der Waals surface area contributed by atoms with E-state index in [2.05, 4.69) is 4.74 Å². The lowest BCUT2D eigenvalue weighted by Crippen LogP contribution is -2.49. The Balaban J connectivity index is 2.72. The molecule has 0 aromatic rings. The molecule has 0 aromatic heterocycles. The van der Waals surface area contributed by atoms with Crippen molar-refractivity contribution in [2.45, 2.75) is 12.6 Å². The lowest BCUT2D eigenvalue weighted by molar-refractivity contribution is -0.186. The fourth-order valence-corrected chi connectivity index (χ4v) is 1.42. The Bertz CT molecular complexity index is 269. The molecule has 1 amide bonds. The first-order valence-electron chi connectivity index (χ1n) is 4.28. The number of ether oxygens (including phenoxy) is 1. The normalized spacial score (nSPS) is 27.1. The molecule has 86 valence electrons. The molecule has 0 aromatic carbocycles. The van der Waals surface area contributed by atoms with Crippen molar-refractivity contribution in [3.05, 3.63) is 0 Å². The number of methoxy groups -OCH3 is 1. The summed E-state index contributed by atoms with van der Waals surface area (Å²) in [6.45, 7) is -0.476. The van der Waals surface area contributed by atoms with Gasteiger partial charge in [0.1, 0.15) is 5.92 Å². The largest absolute Gasteiger partial charge is 0.468 e. The molecule has 0 bridgehead atoms. The van der Waals surface area contributed by atoms with E-state index in [1.807, 2.05) is 5.32 Å². The van der Waals surface area contributed by atoms with Crippen LogP contribution in [0, 0.1) is 11.8 Å². The number of esters is 1. The molecule has 1 N–H and O–H groups in total. The second-order valence-electron chi connectivity index (χ2n) is 3.30. The Hall–Kier alpha value is -1.27. The Labute approximate surface area is 83.8 Å². The molecule has 4 nitrogen and oxygen atoms in total. The van der Waals surface area contributed by atoms with Crippen molar-refractivity contribution in [1.29, 1.82) is 0 Å². The molecule has 1 saturated heterocycles. The lowest BCUT2D eigenvalue weighted by Gasteiger charge is -2.28. The number of hydrogen-bond donors (Lipinski definition) is 1. The fraction of sp³-hybridized carbons (Fsp3) is 0.750. The number of amides is 1. The van der Waals surface area contributed by atoms with E-state index < -0.39 is 42.9 Å². The van der Waals surface area contributed by atoms with Crippen LogP contribution in [0.4, 0.5) is 13.2 Å². The molecule has 1 rings (SSSR count). The van der Waals surface area contributed by atoms with Gasteiger partial charge in [-0.3, -0.25) is 9.59 Å². The van der Waals surface area contributed by atoms with Crippen molar-refractivity contribution in [3.8, 4) is 0 Å². The van der Waals surface area contributed by atoms with Gasteiger partial charge in [0.2, 0.25) is 5.91 Å². The quantitative estimate of drug-likeness (QED) is 0.521. The van der Waals surface area contributed by atoms with Gasteiger partial charge in [-0.2, -0.15) is 13.2 Å². The van der Waals surface area contributed by atoms with Gasteiger partial charge in [0.05, 0.1) is 13.0 Å². The van der Waals surface area contributed by atoms with Gasteiger partial charge >= 0.3 is 12.1 Å². The molecule has 1 heterocycles. The minimum absolute atomic E-state index is 0.476. The summed E-state index contributed by atoms with van der Waals surface area (Å²) in [6, 6.07) is 0. The van der Waals surface area contributed by atoms with Crippen LogP contribution in [0.3, 0.4) is 0 Å². The highest BCUT2D eigenvalue weighted by Crippen LogP contribution is 2.33. The summed E-state index contributed by atoms with van der Waals surface area (Å²) >= 11 is 0. The van der Waals surface area contributed by atoms with Gasteiger partial charge in [0.25, 0.3) is 0 Å². The second-order valence-corrected chi connectivity index (χ2v) is 3.30. The summed E-state index contributed by atoms with van der Waals surface area (Å²) < 4.78 is 41.2. The molecule has 1 aliphatic rings. The summed E-state index contributed by atoms with van der Waals surface area (Å²) in [6.07, 6.45) is -4.94. The average Bonchev–Trinajstić information content (AvgIpc) is 2.15. The predicted octanol–water partition coefficient (Wildman–Crippen LogP) is 0.474. The molecule has 2 atom stereocenters. The van der Waals surface area contributed by atoms with E-state index in [1.165, 1.54) is 0 Å². The maximum absolute atomic E-state index is 12.3. The van der Waals surface area contributed by atoms with E-state index in [0.29, 0.717) is 0 Å². The van der Waals surface area contributed by atoms with Crippen LogP contribution in [0.25, 0.3) is 0 Å². The summed E-state index contributed by atoms with van der Waals surface area (Å²) in [5, 5.41) is 2.04. The van der Waals surface area contributed by atoms with Gasteiger partial charge in [-0.25, -0.2) is 0 Å². The van der Waals surface area contributed by atoms with Crippen LogP contribution in [-0.2, 0) is 14.3 Å². The second kappa shape index (κ2) is 4.08. The molecular weight excluding hydrogens is 215 g/mol. The third kappa shape index (κ3) is 2.60. The molecule has 1 fully saturated rings. The van der Waals surface area contributed by atoms with Gasteiger partial charge in [-0.1, -0.05) is 0 Å². The molecule has 15 heavy (non-hydrogen) atoms. The molecule has 1 aliphatic heterocycles. The first-order valence-corrected chi connectivity index (χ1v) is 4.28. The molecule has 0 spiro atoms. The van der Waals surface area contributed by atoms with Crippen LogP contribution in [0.5, 0.6) is 0 Å². The van der Waals surface area contributed by atoms with E-state index in [4.69, 9.17) is 0 Å². The van der Waals surface area contributed by atoms with Crippen molar-refractivity contribution in [1.82, 2.24) is 5.32 Å². The van der Waals surface area contributed by atoms with Gasteiger partial charge in [0, 0.05) is 6.54 Å². The zero-order chi connectivity index (χ0) is 11.6. The average molecular weight is 225 g/mol. The molecule has 7 heteroatoms. The highest BCUT2D eigenvalue weighted by molar-refractivity contribution is 5.98. The van der Waals surface area contributed by atoms with Crippen molar-refractivity contribution in [2.75, 3.05) is 13.7 Å². The maximum atomic E-state index is 12.3.